The van der Waals surface area contributed by atoms with E-state index in [1.54, 1.807) is 12.4 Å². The first-order chi connectivity index (χ1) is 16.8. The molecule has 2 aromatic heterocycles. The Kier molecular flexibility index (Phi) is 7.11. The van der Waals surface area contributed by atoms with Crippen molar-refractivity contribution in [1.29, 1.82) is 0 Å². The van der Waals surface area contributed by atoms with Gasteiger partial charge in [-0.3, -0.25) is 29.3 Å². The number of ketones is 1. The molecule has 0 radical (unpaired) electrons. The van der Waals surface area contributed by atoms with Crippen molar-refractivity contribution in [3.63, 3.8) is 0 Å². The Labute approximate surface area is 207 Å². The van der Waals surface area contributed by atoms with Crippen LogP contribution in [0.3, 0.4) is 0 Å². The number of pyridine rings is 1. The predicted molar refractivity (Wildman–Crippen MR) is 133 cm³/mol. The Morgan fingerprint density at radius 2 is 2.00 bits per heavy atom. The molecule has 0 bridgehead atoms. The Morgan fingerprint density at radius 1 is 1.20 bits per heavy atom. The third-order valence-corrected chi connectivity index (χ3v) is 6.71. The number of nitrogens with zero attached hydrogens (tertiary/aromatic N) is 4. The van der Waals surface area contributed by atoms with Crippen LogP contribution in [0.5, 0.6) is 0 Å². The monoisotopic (exact) mass is 490 g/mol. The molecule has 0 aliphatic carbocycles. The van der Waals surface area contributed by atoms with E-state index in [9.17, 15) is 14.4 Å². The van der Waals surface area contributed by atoms with Crippen molar-refractivity contribution >= 4 is 29.4 Å². The maximum atomic E-state index is 13.1. The summed E-state index contributed by atoms with van der Waals surface area (Å²) in [7, 11) is 0. The van der Waals surface area contributed by atoms with Crippen molar-refractivity contribution < 1.29 is 14.4 Å². The predicted octanol–water partition coefficient (Wildman–Crippen LogP) is 2.89. The molecule has 0 spiro atoms. The normalized spacial score (nSPS) is 15.9. The first kappa shape index (κ1) is 24.3. The van der Waals surface area contributed by atoms with Gasteiger partial charge in [0.2, 0.25) is 5.91 Å². The van der Waals surface area contributed by atoms with Crippen LogP contribution in [0.2, 0.25) is 0 Å². The van der Waals surface area contributed by atoms with Gasteiger partial charge in [-0.2, -0.15) is 0 Å². The van der Waals surface area contributed by atoms with E-state index in [0.29, 0.717) is 23.8 Å². The van der Waals surface area contributed by atoms with Gasteiger partial charge in [-0.05, 0) is 44.0 Å². The quantitative estimate of drug-likeness (QED) is 0.280. The zero-order valence-electron chi connectivity index (χ0n) is 19.7. The Morgan fingerprint density at radius 3 is 2.69 bits per heavy atom. The lowest BCUT2D eigenvalue weighted by atomic mass is 9.90. The number of Topliss-reactive ketones (excluding diaryl/α,β-unsaturated/α-hetero) is 1. The van der Waals surface area contributed by atoms with Crippen molar-refractivity contribution in [3.8, 4) is 17.1 Å². The van der Waals surface area contributed by atoms with Crippen molar-refractivity contribution in [2.75, 3.05) is 5.75 Å². The number of hydrogen-bond donors (Lipinski definition) is 2. The first-order valence-corrected chi connectivity index (χ1v) is 12.2. The van der Waals surface area contributed by atoms with Crippen LogP contribution in [-0.2, 0) is 14.4 Å². The highest BCUT2D eigenvalue weighted by Crippen LogP contribution is 2.30. The summed E-state index contributed by atoms with van der Waals surface area (Å²) >= 11 is 1.16. The van der Waals surface area contributed by atoms with Gasteiger partial charge in [0.05, 0.1) is 17.4 Å². The topological polar surface area (TPSA) is 133 Å². The van der Waals surface area contributed by atoms with Gasteiger partial charge in [-0.25, -0.2) is 0 Å². The third-order valence-electron chi connectivity index (χ3n) is 5.78. The maximum absolute atomic E-state index is 13.1. The van der Waals surface area contributed by atoms with E-state index in [-0.39, 0.29) is 17.0 Å². The first-order valence-electron chi connectivity index (χ1n) is 11.3. The third kappa shape index (κ3) is 4.88. The molecule has 3 N–H and O–H groups in total. The van der Waals surface area contributed by atoms with Crippen LogP contribution in [0.15, 0.2) is 59.2 Å². The highest BCUT2D eigenvalue weighted by atomic mass is 32.2. The van der Waals surface area contributed by atoms with E-state index in [1.165, 1.54) is 0 Å². The Bertz CT molecular complexity index is 1330. The van der Waals surface area contributed by atoms with Gasteiger partial charge < -0.3 is 5.73 Å². The number of nitrogens with one attached hydrogen (secondary N) is 1. The van der Waals surface area contributed by atoms with Crippen molar-refractivity contribution in [2.24, 2.45) is 11.7 Å². The highest BCUT2D eigenvalue weighted by molar-refractivity contribution is 7.99. The number of nitrogens with two attached hydrogens (primary N) is 1. The number of hydrogen-bond acceptors (Lipinski definition) is 8. The highest BCUT2D eigenvalue weighted by Gasteiger charge is 2.36. The molecule has 1 aliphatic rings. The average Bonchev–Trinajstić information content (AvgIpc) is 3.24. The van der Waals surface area contributed by atoms with E-state index >= 15 is 0 Å². The molecule has 1 aromatic carbocycles. The number of amides is 2. The number of carbonyl (C=O) groups is 3. The van der Waals surface area contributed by atoms with Crippen LogP contribution >= 0.6 is 11.8 Å². The second-order valence-corrected chi connectivity index (χ2v) is 9.32. The van der Waals surface area contributed by atoms with E-state index in [4.69, 9.17) is 5.73 Å². The molecular weight excluding hydrogens is 464 g/mol. The summed E-state index contributed by atoms with van der Waals surface area (Å²) in [4.78, 5) is 41.9. The van der Waals surface area contributed by atoms with E-state index in [0.717, 1.165) is 34.1 Å². The molecule has 0 saturated heterocycles. The summed E-state index contributed by atoms with van der Waals surface area (Å²) in [6.07, 6.45) is 4.54. The molecule has 9 nitrogen and oxygen atoms in total. The largest absolute Gasteiger partial charge is 0.401 e. The molecule has 1 atom stereocenters. The number of rotatable bonds is 8. The van der Waals surface area contributed by atoms with Crippen molar-refractivity contribution in [2.45, 2.75) is 38.8 Å². The summed E-state index contributed by atoms with van der Waals surface area (Å²) < 4.78 is 1.88. The molecule has 1 aliphatic heterocycles. The lowest BCUT2D eigenvalue weighted by Gasteiger charge is -2.23. The van der Waals surface area contributed by atoms with E-state index in [1.807, 2.05) is 49.6 Å². The molecule has 4 rings (SSSR count). The van der Waals surface area contributed by atoms with Crippen molar-refractivity contribution in [1.82, 2.24) is 25.1 Å². The van der Waals surface area contributed by atoms with Gasteiger partial charge in [0.1, 0.15) is 5.57 Å². The molecule has 2 amide bonds. The lowest BCUT2D eigenvalue weighted by molar-refractivity contribution is -0.132. The maximum Gasteiger partial charge on any atom is 0.263 e. The minimum absolute atomic E-state index is 0.0399. The Balaban J connectivity index is 1.68. The molecule has 35 heavy (non-hydrogen) atoms. The number of benzene rings is 1. The summed E-state index contributed by atoms with van der Waals surface area (Å²) in [5.74, 6) is -1.87. The number of aryl methyl sites for hydroxylation is 2. The van der Waals surface area contributed by atoms with Gasteiger partial charge in [0.25, 0.3) is 5.91 Å². The van der Waals surface area contributed by atoms with Crippen LogP contribution in [0.1, 0.15) is 30.9 Å². The minimum atomic E-state index is -0.752. The fraction of sp³-hybridized carbons (Fsp3) is 0.280. The summed E-state index contributed by atoms with van der Waals surface area (Å²) in [6, 6.07) is 9.75. The summed E-state index contributed by atoms with van der Waals surface area (Å²) in [6.45, 7) is 5.93. The van der Waals surface area contributed by atoms with Gasteiger partial charge in [-0.15, -0.1) is 10.2 Å². The van der Waals surface area contributed by atoms with Crippen LogP contribution in [0, 0.1) is 19.8 Å². The molecule has 180 valence electrons. The molecule has 3 aromatic rings. The smallest absolute Gasteiger partial charge is 0.263 e. The van der Waals surface area contributed by atoms with E-state index < -0.39 is 23.5 Å². The number of thioether (sulfide) groups is 1. The molecule has 0 saturated carbocycles. The number of carbonyl (C=O) groups excluding carboxylic acids is 3. The number of imide groups is 1. The van der Waals surface area contributed by atoms with Crippen LogP contribution in [0.4, 0.5) is 0 Å². The summed E-state index contributed by atoms with van der Waals surface area (Å²) in [5.41, 5.74) is 9.79. The summed E-state index contributed by atoms with van der Waals surface area (Å²) in [5, 5.41) is 11.5. The lowest BCUT2D eigenvalue weighted by Crippen LogP contribution is -2.46. The van der Waals surface area contributed by atoms with Gasteiger partial charge in [0.15, 0.2) is 16.8 Å². The standard InChI is InChI=1S/C25H26N6O3S/c1-4-6-17-21(26)20(24(34)28-23(17)33)19(32)13-35-25-30-29-22(16-7-5-10-27-12-16)31(25)18-9-8-14(2)11-15(18)3/h5,7-12,17H,4,6,13,26H2,1-3H3,(H,28,33,34). The fourth-order valence-corrected chi connectivity index (χ4v) is 4.91. The second-order valence-electron chi connectivity index (χ2n) is 8.38. The van der Waals surface area contributed by atoms with Crippen LogP contribution < -0.4 is 11.1 Å². The molecule has 1 unspecified atom stereocenters. The van der Waals surface area contributed by atoms with Gasteiger partial charge in [0, 0.05) is 23.7 Å². The van der Waals surface area contributed by atoms with E-state index in [2.05, 4.69) is 26.6 Å². The average molecular weight is 491 g/mol. The molecular formula is C25H26N6O3S. The molecule has 10 heteroatoms. The van der Waals surface area contributed by atoms with Crippen LogP contribution in [-0.4, -0.2) is 43.1 Å². The van der Waals surface area contributed by atoms with Gasteiger partial charge in [-0.1, -0.05) is 42.8 Å². The minimum Gasteiger partial charge on any atom is -0.401 e. The zero-order chi connectivity index (χ0) is 25.1. The van der Waals surface area contributed by atoms with Crippen molar-refractivity contribution in [3.05, 3.63) is 65.1 Å². The van der Waals surface area contributed by atoms with Gasteiger partial charge >= 0.3 is 0 Å². The van der Waals surface area contributed by atoms with Crippen LogP contribution in [0.25, 0.3) is 17.1 Å². The molecule has 3 heterocycles. The zero-order valence-corrected chi connectivity index (χ0v) is 20.6. The fourth-order valence-electron chi connectivity index (χ4n) is 4.09. The second kappa shape index (κ2) is 10.2. The SMILES string of the molecule is CCCC1C(=O)NC(=O)C(C(=O)CSc2nnc(-c3cccnc3)n2-c2ccc(C)cc2C)=C1N. The number of aromatic nitrogens is 4. The Hall–Kier alpha value is -3.79. The molecule has 0 fully saturated rings.